The molecule has 0 amide bonds. The molecule has 3 nitrogen and oxygen atoms in total. The van der Waals surface area contributed by atoms with Gasteiger partial charge < -0.3 is 10.2 Å². The van der Waals surface area contributed by atoms with Gasteiger partial charge in [0.2, 0.25) is 0 Å². The molecule has 0 unspecified atom stereocenters. The van der Waals surface area contributed by atoms with Gasteiger partial charge in [-0.2, -0.15) is 0 Å². The summed E-state index contributed by atoms with van der Waals surface area (Å²) in [7, 11) is 0. The molecular weight excluding hydrogens is 364 g/mol. The van der Waals surface area contributed by atoms with E-state index in [1.807, 2.05) is 0 Å². The fraction of sp³-hybridized carbons (Fsp3) is 0.357. The Labute approximate surface area is 136 Å². The number of hydrogen-bond acceptors (Lipinski definition) is 3. The molecule has 3 rings (SSSR count). The highest BCUT2D eigenvalue weighted by Crippen LogP contribution is 2.37. The highest BCUT2D eigenvalue weighted by Gasteiger charge is 2.21. The fourth-order valence-electron chi connectivity index (χ4n) is 2.54. The number of pyridine rings is 1. The lowest BCUT2D eigenvalue weighted by atomic mass is 10.1. The van der Waals surface area contributed by atoms with Crippen LogP contribution >= 0.6 is 28.3 Å². The molecular formula is C14H15BrClF2N3. The van der Waals surface area contributed by atoms with Crippen LogP contribution < -0.4 is 10.2 Å². The van der Waals surface area contributed by atoms with Crippen molar-refractivity contribution in [2.24, 2.45) is 0 Å². The number of piperazine rings is 1. The molecule has 0 saturated carbocycles. The molecule has 1 N–H and O–H groups in total. The zero-order valence-corrected chi connectivity index (χ0v) is 13.8. The maximum Gasteiger partial charge on any atom is 0.185 e. The summed E-state index contributed by atoms with van der Waals surface area (Å²) in [5.41, 5.74) is 1.66. The van der Waals surface area contributed by atoms with Gasteiger partial charge in [0.25, 0.3) is 0 Å². The smallest absolute Gasteiger partial charge is 0.185 e. The van der Waals surface area contributed by atoms with E-state index in [-0.39, 0.29) is 17.9 Å². The fourth-order valence-corrected chi connectivity index (χ4v) is 3.10. The Bertz CT molecular complexity index is 675. The van der Waals surface area contributed by atoms with E-state index < -0.39 is 11.6 Å². The van der Waals surface area contributed by atoms with Crippen LogP contribution in [-0.4, -0.2) is 31.2 Å². The van der Waals surface area contributed by atoms with Crippen molar-refractivity contribution in [3.05, 3.63) is 33.9 Å². The van der Waals surface area contributed by atoms with Gasteiger partial charge in [-0.3, -0.25) is 0 Å². The number of halogens is 4. The van der Waals surface area contributed by atoms with Crippen LogP contribution in [0.25, 0.3) is 10.9 Å². The average molecular weight is 379 g/mol. The summed E-state index contributed by atoms with van der Waals surface area (Å²) in [5, 5.41) is 3.92. The minimum absolute atomic E-state index is 0. The zero-order chi connectivity index (χ0) is 14.3. The van der Waals surface area contributed by atoms with Crippen molar-refractivity contribution < 1.29 is 8.78 Å². The Kier molecular flexibility index (Phi) is 5.01. The zero-order valence-electron chi connectivity index (χ0n) is 11.4. The Morgan fingerprint density at radius 3 is 2.57 bits per heavy atom. The molecule has 21 heavy (non-hydrogen) atoms. The molecule has 0 spiro atoms. The lowest BCUT2D eigenvalue weighted by Crippen LogP contribution is -2.43. The van der Waals surface area contributed by atoms with Crippen LogP contribution in [0.4, 0.5) is 14.5 Å². The molecule has 1 aromatic carbocycles. The summed E-state index contributed by atoms with van der Waals surface area (Å²) in [4.78, 5) is 6.36. The Hall–Kier alpha value is -0.980. The number of aromatic nitrogens is 1. The SMILES string of the molecule is Cc1nc2c(F)c(F)ccc2c(N2CCNCC2)c1Br.Cl. The quantitative estimate of drug-likeness (QED) is 0.824. The standard InChI is InChI=1S/C14H14BrF2N3.ClH/c1-8-11(15)14(20-6-4-18-5-7-20)9-2-3-10(16)12(17)13(9)19-8;/h2-3,18H,4-7H2,1H3;1H. The predicted molar refractivity (Wildman–Crippen MR) is 86.4 cm³/mol. The van der Waals surface area contributed by atoms with E-state index in [1.54, 1.807) is 13.0 Å². The lowest BCUT2D eigenvalue weighted by molar-refractivity contribution is 0.515. The summed E-state index contributed by atoms with van der Waals surface area (Å²) in [6.45, 7) is 5.20. The summed E-state index contributed by atoms with van der Waals surface area (Å²) < 4.78 is 28.2. The molecule has 1 fully saturated rings. The maximum atomic E-state index is 14.0. The molecule has 2 heterocycles. The molecule has 0 bridgehead atoms. The third kappa shape index (κ3) is 2.84. The van der Waals surface area contributed by atoms with Crippen molar-refractivity contribution in [1.29, 1.82) is 0 Å². The van der Waals surface area contributed by atoms with Gasteiger partial charge in [-0.1, -0.05) is 0 Å². The van der Waals surface area contributed by atoms with Gasteiger partial charge in [-0.05, 0) is 35.0 Å². The van der Waals surface area contributed by atoms with Crippen molar-refractivity contribution in [2.45, 2.75) is 6.92 Å². The van der Waals surface area contributed by atoms with Gasteiger partial charge in [0, 0.05) is 31.6 Å². The largest absolute Gasteiger partial charge is 0.367 e. The summed E-state index contributed by atoms with van der Waals surface area (Å²) in [5.74, 6) is -1.74. The molecule has 0 atom stereocenters. The van der Waals surface area contributed by atoms with Gasteiger partial charge in [-0.25, -0.2) is 13.8 Å². The monoisotopic (exact) mass is 377 g/mol. The number of nitrogens with one attached hydrogen (secondary N) is 1. The van der Waals surface area contributed by atoms with E-state index in [1.165, 1.54) is 0 Å². The molecule has 2 aromatic rings. The van der Waals surface area contributed by atoms with Crippen molar-refractivity contribution >= 4 is 44.9 Å². The van der Waals surface area contributed by atoms with Crippen LogP contribution in [-0.2, 0) is 0 Å². The van der Waals surface area contributed by atoms with E-state index in [4.69, 9.17) is 0 Å². The van der Waals surface area contributed by atoms with Gasteiger partial charge in [-0.15, -0.1) is 12.4 Å². The average Bonchev–Trinajstić information content (AvgIpc) is 2.46. The number of rotatable bonds is 1. The number of hydrogen-bond donors (Lipinski definition) is 1. The second-order valence-corrected chi connectivity index (χ2v) is 5.65. The van der Waals surface area contributed by atoms with E-state index in [9.17, 15) is 8.78 Å². The first kappa shape index (κ1) is 16.4. The normalized spacial score (nSPS) is 15.1. The van der Waals surface area contributed by atoms with E-state index in [2.05, 4.69) is 31.1 Å². The molecule has 114 valence electrons. The first-order valence-corrected chi connectivity index (χ1v) is 7.28. The van der Waals surface area contributed by atoms with E-state index >= 15 is 0 Å². The summed E-state index contributed by atoms with van der Waals surface area (Å²) >= 11 is 3.54. The Morgan fingerprint density at radius 2 is 1.90 bits per heavy atom. The Morgan fingerprint density at radius 1 is 1.24 bits per heavy atom. The number of fused-ring (bicyclic) bond motifs is 1. The van der Waals surface area contributed by atoms with Crippen molar-refractivity contribution in [1.82, 2.24) is 10.3 Å². The first-order valence-electron chi connectivity index (χ1n) is 6.49. The molecule has 1 aliphatic heterocycles. The van der Waals surface area contributed by atoms with Gasteiger partial charge in [0.15, 0.2) is 11.6 Å². The molecule has 1 aliphatic rings. The second kappa shape index (κ2) is 6.42. The summed E-state index contributed by atoms with van der Waals surface area (Å²) in [6, 6.07) is 2.76. The highest BCUT2D eigenvalue weighted by atomic mass is 79.9. The van der Waals surface area contributed by atoms with E-state index in [0.717, 1.165) is 42.4 Å². The minimum Gasteiger partial charge on any atom is -0.367 e. The van der Waals surface area contributed by atoms with Crippen LogP contribution in [0.1, 0.15) is 5.69 Å². The second-order valence-electron chi connectivity index (χ2n) is 4.85. The topological polar surface area (TPSA) is 28.2 Å². The van der Waals surface area contributed by atoms with Crippen molar-refractivity contribution in [3.63, 3.8) is 0 Å². The van der Waals surface area contributed by atoms with Crippen LogP contribution in [0.2, 0.25) is 0 Å². The van der Waals surface area contributed by atoms with Crippen molar-refractivity contribution in [2.75, 3.05) is 31.1 Å². The van der Waals surface area contributed by atoms with Gasteiger partial charge >= 0.3 is 0 Å². The molecule has 1 saturated heterocycles. The molecule has 7 heteroatoms. The predicted octanol–water partition coefficient (Wildman–Crippen LogP) is 3.42. The molecule has 0 aliphatic carbocycles. The number of benzene rings is 1. The third-order valence-corrected chi connectivity index (χ3v) is 4.51. The van der Waals surface area contributed by atoms with Gasteiger partial charge in [0.05, 0.1) is 15.9 Å². The maximum absolute atomic E-state index is 14.0. The van der Waals surface area contributed by atoms with Crippen LogP contribution in [0, 0.1) is 18.6 Å². The Balaban J connectivity index is 0.00000161. The van der Waals surface area contributed by atoms with Crippen LogP contribution in [0.3, 0.4) is 0 Å². The highest BCUT2D eigenvalue weighted by molar-refractivity contribution is 9.10. The van der Waals surface area contributed by atoms with Crippen molar-refractivity contribution in [3.8, 4) is 0 Å². The number of aryl methyl sites for hydroxylation is 1. The number of nitrogens with zero attached hydrogens (tertiary/aromatic N) is 2. The number of anilines is 1. The third-order valence-electron chi connectivity index (χ3n) is 3.56. The van der Waals surface area contributed by atoms with Gasteiger partial charge in [0.1, 0.15) is 5.52 Å². The van der Waals surface area contributed by atoms with E-state index in [0.29, 0.717) is 11.1 Å². The van der Waals surface area contributed by atoms with Crippen LogP contribution in [0.5, 0.6) is 0 Å². The van der Waals surface area contributed by atoms with Crippen LogP contribution in [0.15, 0.2) is 16.6 Å². The molecule has 1 aromatic heterocycles. The molecule has 0 radical (unpaired) electrons. The minimum atomic E-state index is -0.880. The first-order chi connectivity index (χ1) is 9.59. The summed E-state index contributed by atoms with van der Waals surface area (Å²) in [6.07, 6.45) is 0. The lowest BCUT2D eigenvalue weighted by Gasteiger charge is -2.31.